The van der Waals surface area contributed by atoms with E-state index in [1.165, 1.54) is 65.4 Å². The lowest BCUT2D eigenvalue weighted by molar-refractivity contribution is 1.05. The number of benzene rings is 11. The van der Waals surface area contributed by atoms with Gasteiger partial charge in [-0.25, -0.2) is 59.8 Å². The highest BCUT2D eigenvalue weighted by molar-refractivity contribution is 6.11. The van der Waals surface area contributed by atoms with Crippen molar-refractivity contribution in [3.8, 4) is 131 Å². The predicted octanol–water partition coefficient (Wildman–Crippen LogP) is 22.8. The van der Waals surface area contributed by atoms with Crippen LogP contribution in [0.5, 0.6) is 0 Å². The summed E-state index contributed by atoms with van der Waals surface area (Å²) in [4.78, 5) is 65.6. The molecule has 0 spiro atoms. The van der Waals surface area contributed by atoms with E-state index >= 15 is 0 Å². The Morgan fingerprint density at radius 2 is 0.500 bits per heavy atom. The fourth-order valence-corrected chi connectivity index (χ4v) is 15.6. The summed E-state index contributed by atoms with van der Waals surface area (Å²) in [7, 11) is 0. The average molecular weight is 1540 g/mol. The summed E-state index contributed by atoms with van der Waals surface area (Å²) in [6.45, 7) is 0. The number of hydrogen-bond acceptors (Lipinski definition) is 14. The SMILES string of the molecule is c1ccc(-c2nc(-c3cnc(-c4ccc(-n5c6ccccc6c6ccccc65)cc4)nc3)cc(-c3ccccn3)n2)cc1.c1ccc(-c2nc(-c3cnc(-c4ccc(-n5c6ccccc6c6ccccc65)cc4)nc3)nc(-c3ccccn3)n2)cc1.c1ccc2c(c1)c1ccccc1n2-c1ccc(-c2ncc(-c3cn4ccccc4n3)cn2)cc1. The quantitative estimate of drug-likeness (QED) is 0.106. The van der Waals surface area contributed by atoms with Gasteiger partial charge < -0.3 is 18.1 Å². The number of pyridine rings is 3. The van der Waals surface area contributed by atoms with Crippen molar-refractivity contribution in [3.63, 3.8) is 0 Å². The first-order valence-corrected chi connectivity index (χ1v) is 39.3. The zero-order chi connectivity index (χ0) is 79.7. The van der Waals surface area contributed by atoms with E-state index in [4.69, 9.17) is 34.9 Å². The van der Waals surface area contributed by atoms with Gasteiger partial charge in [0.15, 0.2) is 40.8 Å². The molecule has 18 nitrogen and oxygen atoms in total. The Morgan fingerprint density at radius 3 is 0.892 bits per heavy atom. The Bertz CT molecular complexity index is 7020. The molecule has 0 aliphatic rings. The lowest BCUT2D eigenvalue weighted by Crippen LogP contribution is -2.01. The third kappa shape index (κ3) is 13.7. The molecule has 0 fully saturated rings. The topological polar surface area (TPSA) is 200 Å². The molecular formula is C102H66N18. The van der Waals surface area contributed by atoms with Crippen LogP contribution in [0.4, 0.5) is 0 Å². The molecule has 0 unspecified atom stereocenters. The molecular weight excluding hydrogens is 1480 g/mol. The van der Waals surface area contributed by atoms with E-state index in [1.807, 2.05) is 163 Å². The van der Waals surface area contributed by atoms with E-state index in [0.717, 1.165) is 84.4 Å². The van der Waals surface area contributed by atoms with Gasteiger partial charge in [0.1, 0.15) is 11.3 Å². The van der Waals surface area contributed by atoms with Crippen molar-refractivity contribution in [2.75, 3.05) is 0 Å². The molecule has 0 aliphatic carbocycles. The van der Waals surface area contributed by atoms with Gasteiger partial charge >= 0.3 is 0 Å². The molecule has 0 radical (unpaired) electrons. The second-order valence-corrected chi connectivity index (χ2v) is 28.7. The van der Waals surface area contributed by atoms with Crippen LogP contribution < -0.4 is 0 Å². The number of hydrogen-bond donors (Lipinski definition) is 0. The Labute approximate surface area is 687 Å². The molecule has 0 atom stereocenters. The van der Waals surface area contributed by atoms with Crippen LogP contribution in [-0.4, -0.2) is 87.9 Å². The van der Waals surface area contributed by atoms with Gasteiger partial charge in [-0.3, -0.25) is 9.97 Å². The lowest BCUT2D eigenvalue weighted by atomic mass is 10.1. The molecule has 23 aromatic rings. The number of nitrogens with zero attached hydrogens (tertiary/aromatic N) is 18. The van der Waals surface area contributed by atoms with Crippen molar-refractivity contribution in [2.24, 2.45) is 0 Å². The summed E-state index contributed by atoms with van der Waals surface area (Å²) in [6, 6.07) is 115. The highest BCUT2D eigenvalue weighted by Gasteiger charge is 2.20. The summed E-state index contributed by atoms with van der Waals surface area (Å²) >= 11 is 0. The zero-order valence-corrected chi connectivity index (χ0v) is 64.2. The van der Waals surface area contributed by atoms with Crippen LogP contribution in [0.15, 0.2) is 402 Å². The Kier molecular flexibility index (Phi) is 18.4. The average Bonchev–Trinajstić information content (AvgIpc) is 1.61. The fourth-order valence-electron chi connectivity index (χ4n) is 15.6. The minimum Gasteiger partial charge on any atom is -0.309 e. The van der Waals surface area contributed by atoms with Crippen LogP contribution in [0.25, 0.3) is 202 Å². The van der Waals surface area contributed by atoms with Crippen LogP contribution in [0, 0.1) is 0 Å². The standard InChI is InChI=1S/C37H24N6.C36H23N7.C29H19N5/c1-2-10-25(11-3-1)37-41-32(22-33(42-37)31-14-8-9-21-38-31)27-23-39-36(40-24-27)26-17-19-28(20-18-26)43-34-15-6-4-12-29(34)30-13-5-7-16-35(30)43;1-2-10-24(11-3-1)34-40-35(42-36(41-34)30-14-8-9-21-37-30)26-22-38-33(39-23-26)25-17-19-27(20-18-25)43-31-15-6-4-12-28(31)29-13-5-7-16-32(29)43;1-3-9-26-23(7-1)24-8-2-4-10-27(24)34(26)22-14-12-20(13-15-22)29-30-17-21(18-31-29)25-19-33-16-6-5-11-28(33)32-25/h1-24H;1-23H;1-19H. The molecule has 0 N–H and O–H groups in total. The molecule has 0 bridgehead atoms. The van der Waals surface area contributed by atoms with Crippen LogP contribution in [0.2, 0.25) is 0 Å². The van der Waals surface area contributed by atoms with Gasteiger partial charge in [-0.15, -0.1) is 0 Å². The summed E-state index contributed by atoms with van der Waals surface area (Å²) in [5.41, 5.74) is 22.2. The van der Waals surface area contributed by atoms with Gasteiger partial charge in [-0.05, 0) is 152 Å². The summed E-state index contributed by atoms with van der Waals surface area (Å²) in [5, 5.41) is 7.48. The summed E-state index contributed by atoms with van der Waals surface area (Å²) < 4.78 is 8.90. The number of imidazole rings is 1. The van der Waals surface area contributed by atoms with Gasteiger partial charge in [0.05, 0.1) is 61.4 Å². The first-order chi connectivity index (χ1) is 59.5. The number of para-hydroxylation sites is 6. The highest BCUT2D eigenvalue weighted by Crippen LogP contribution is 2.38. The minimum absolute atomic E-state index is 0.489. The first-order valence-electron chi connectivity index (χ1n) is 39.3. The molecule has 18 heteroatoms. The fraction of sp³-hybridized carbons (Fsp3) is 0. The molecule has 0 aliphatic heterocycles. The van der Waals surface area contributed by atoms with E-state index in [1.54, 1.807) is 24.8 Å². The van der Waals surface area contributed by atoms with Crippen molar-refractivity contribution in [1.82, 2.24) is 87.9 Å². The second kappa shape index (κ2) is 31.2. The van der Waals surface area contributed by atoms with Crippen LogP contribution >= 0.6 is 0 Å². The Balaban J connectivity index is 0.000000112. The normalized spacial score (nSPS) is 11.3. The highest BCUT2D eigenvalue weighted by atomic mass is 15.1. The molecule has 11 aromatic carbocycles. The first kappa shape index (κ1) is 71.0. The molecule has 12 heterocycles. The zero-order valence-electron chi connectivity index (χ0n) is 64.2. The summed E-state index contributed by atoms with van der Waals surface area (Å²) in [5.74, 6) is 4.15. The van der Waals surface area contributed by atoms with Crippen molar-refractivity contribution >= 4 is 71.1 Å². The third-order valence-electron chi connectivity index (χ3n) is 21.3. The van der Waals surface area contributed by atoms with E-state index in [-0.39, 0.29) is 0 Å². The van der Waals surface area contributed by atoms with Crippen molar-refractivity contribution in [1.29, 1.82) is 0 Å². The van der Waals surface area contributed by atoms with Crippen molar-refractivity contribution in [3.05, 3.63) is 402 Å². The molecule has 23 rings (SSSR count). The van der Waals surface area contributed by atoms with Crippen LogP contribution in [0.3, 0.4) is 0 Å². The van der Waals surface area contributed by atoms with E-state index in [2.05, 4.69) is 267 Å². The van der Waals surface area contributed by atoms with E-state index in [0.29, 0.717) is 52.0 Å². The van der Waals surface area contributed by atoms with Crippen LogP contribution in [0.1, 0.15) is 0 Å². The predicted molar refractivity (Wildman–Crippen MR) is 477 cm³/mol. The Hall–Kier alpha value is -16.9. The van der Waals surface area contributed by atoms with Crippen molar-refractivity contribution in [2.45, 2.75) is 0 Å². The van der Waals surface area contributed by atoms with Gasteiger partial charge in [-0.1, -0.05) is 188 Å². The van der Waals surface area contributed by atoms with Gasteiger partial charge in [0.2, 0.25) is 0 Å². The maximum absolute atomic E-state index is 4.87. The minimum atomic E-state index is 0.489. The summed E-state index contributed by atoms with van der Waals surface area (Å²) in [6.07, 6.45) is 18.3. The molecule has 120 heavy (non-hydrogen) atoms. The molecule has 0 saturated carbocycles. The number of aromatic nitrogens is 18. The number of fused-ring (bicyclic) bond motifs is 10. The Morgan fingerprint density at radius 1 is 0.183 bits per heavy atom. The largest absolute Gasteiger partial charge is 0.309 e. The van der Waals surface area contributed by atoms with Crippen molar-refractivity contribution < 1.29 is 0 Å². The molecule has 564 valence electrons. The lowest BCUT2D eigenvalue weighted by Gasteiger charge is -2.10. The monoisotopic (exact) mass is 1540 g/mol. The molecule has 0 amide bonds. The maximum atomic E-state index is 4.87. The molecule has 0 saturated heterocycles. The second-order valence-electron chi connectivity index (χ2n) is 28.7. The third-order valence-corrected chi connectivity index (χ3v) is 21.3. The smallest absolute Gasteiger partial charge is 0.182 e. The van der Waals surface area contributed by atoms with E-state index < -0.39 is 0 Å². The van der Waals surface area contributed by atoms with Gasteiger partial charge in [-0.2, -0.15) is 0 Å². The molecule has 12 aromatic heterocycles. The van der Waals surface area contributed by atoms with Gasteiger partial charge in [0, 0.05) is 150 Å². The number of rotatable bonds is 13. The van der Waals surface area contributed by atoms with Crippen LogP contribution in [-0.2, 0) is 0 Å². The maximum Gasteiger partial charge on any atom is 0.182 e. The van der Waals surface area contributed by atoms with E-state index in [9.17, 15) is 0 Å². The van der Waals surface area contributed by atoms with Gasteiger partial charge in [0.25, 0.3) is 0 Å².